The highest BCUT2D eigenvalue weighted by Gasteiger charge is 2.29. The Kier molecular flexibility index (Phi) is 4.31. The minimum Gasteiger partial charge on any atom is -0.373 e. The second kappa shape index (κ2) is 6.55. The quantitative estimate of drug-likeness (QED) is 0.887. The molecule has 0 radical (unpaired) electrons. The molecule has 3 heterocycles. The molecule has 2 N–H and O–H groups in total. The van der Waals surface area contributed by atoms with Crippen molar-refractivity contribution in [3.63, 3.8) is 0 Å². The lowest BCUT2D eigenvalue weighted by Gasteiger charge is -2.22. The van der Waals surface area contributed by atoms with Gasteiger partial charge in [-0.2, -0.15) is 0 Å². The molecule has 1 amide bonds. The first kappa shape index (κ1) is 15.1. The third kappa shape index (κ3) is 3.36. The van der Waals surface area contributed by atoms with Crippen LogP contribution >= 0.6 is 0 Å². The van der Waals surface area contributed by atoms with Crippen LogP contribution in [0.1, 0.15) is 31.5 Å². The Morgan fingerprint density at radius 2 is 2.13 bits per heavy atom. The molecular formula is C15H19N7O. The first-order chi connectivity index (χ1) is 11.2. The van der Waals surface area contributed by atoms with E-state index in [1.54, 1.807) is 26.2 Å². The zero-order chi connectivity index (χ0) is 16.2. The van der Waals surface area contributed by atoms with Gasteiger partial charge in [-0.25, -0.2) is 19.9 Å². The smallest absolute Gasteiger partial charge is 0.228 e. The van der Waals surface area contributed by atoms with E-state index in [-0.39, 0.29) is 11.9 Å². The first-order valence-corrected chi connectivity index (χ1v) is 7.54. The molecule has 120 valence electrons. The summed E-state index contributed by atoms with van der Waals surface area (Å²) in [6.07, 6.45) is 5.08. The molecule has 0 bridgehead atoms. The van der Waals surface area contributed by atoms with E-state index in [0.29, 0.717) is 17.6 Å². The van der Waals surface area contributed by atoms with Crippen LogP contribution in [0.25, 0.3) is 0 Å². The fourth-order valence-corrected chi connectivity index (χ4v) is 2.75. The summed E-state index contributed by atoms with van der Waals surface area (Å²) in [7, 11) is 1.79. The molecular weight excluding hydrogens is 294 g/mol. The minimum absolute atomic E-state index is 0.0225. The van der Waals surface area contributed by atoms with E-state index in [4.69, 9.17) is 0 Å². The molecule has 1 aliphatic rings. The van der Waals surface area contributed by atoms with Crippen LogP contribution in [-0.4, -0.2) is 44.3 Å². The highest BCUT2D eigenvalue weighted by Crippen LogP contribution is 2.31. The summed E-state index contributed by atoms with van der Waals surface area (Å²) in [6, 6.07) is 3.65. The predicted molar refractivity (Wildman–Crippen MR) is 86.3 cm³/mol. The molecule has 1 saturated heterocycles. The zero-order valence-corrected chi connectivity index (χ0v) is 13.2. The number of hydrogen-bond donors (Lipinski definition) is 2. The van der Waals surface area contributed by atoms with E-state index in [0.717, 1.165) is 25.1 Å². The van der Waals surface area contributed by atoms with Gasteiger partial charge < -0.3 is 15.5 Å². The van der Waals surface area contributed by atoms with Crippen molar-refractivity contribution in [1.29, 1.82) is 0 Å². The summed E-state index contributed by atoms with van der Waals surface area (Å²) in [5.41, 5.74) is 0.845. The fourth-order valence-electron chi connectivity index (χ4n) is 2.75. The number of amides is 1. The van der Waals surface area contributed by atoms with Gasteiger partial charge in [-0.3, -0.25) is 4.79 Å². The fraction of sp³-hybridized carbons (Fsp3) is 0.400. The van der Waals surface area contributed by atoms with Crippen LogP contribution in [-0.2, 0) is 4.79 Å². The second-order valence-electron chi connectivity index (χ2n) is 5.34. The largest absolute Gasteiger partial charge is 0.373 e. The second-order valence-corrected chi connectivity index (χ2v) is 5.34. The van der Waals surface area contributed by atoms with Crippen LogP contribution in [0.4, 0.5) is 17.6 Å². The molecule has 1 atom stereocenters. The van der Waals surface area contributed by atoms with Crippen molar-refractivity contribution >= 4 is 23.5 Å². The molecule has 23 heavy (non-hydrogen) atoms. The Labute approximate surface area is 134 Å². The number of carbonyl (C=O) groups excluding carboxylic acids is 1. The lowest BCUT2D eigenvalue weighted by molar-refractivity contribution is -0.129. The standard InChI is InChI=1S/C15H19N7O/c1-10(23)22-7-3-4-12(22)11-5-6-17-15(20-11)21-14-8-13(16-2)18-9-19-14/h5-6,8-9,12H,3-4,7H2,1-2H3,(H2,16,17,18,19,20,21)/t12-/m1/s1. The van der Waals surface area contributed by atoms with Gasteiger partial charge in [0.15, 0.2) is 0 Å². The zero-order valence-electron chi connectivity index (χ0n) is 13.2. The SMILES string of the molecule is CNc1cc(Nc2nccc([C@H]3CCCN3C(C)=O)n2)ncn1. The van der Waals surface area contributed by atoms with Crippen molar-refractivity contribution in [3.8, 4) is 0 Å². The summed E-state index contributed by atoms with van der Waals surface area (Å²) in [5.74, 6) is 1.85. The van der Waals surface area contributed by atoms with E-state index in [1.165, 1.54) is 6.33 Å². The normalized spacial score (nSPS) is 17.1. The van der Waals surface area contributed by atoms with E-state index in [1.807, 2.05) is 11.0 Å². The lowest BCUT2D eigenvalue weighted by atomic mass is 10.1. The first-order valence-electron chi connectivity index (χ1n) is 7.54. The van der Waals surface area contributed by atoms with Crippen molar-refractivity contribution in [3.05, 3.63) is 30.4 Å². The van der Waals surface area contributed by atoms with Crippen molar-refractivity contribution in [1.82, 2.24) is 24.8 Å². The van der Waals surface area contributed by atoms with Gasteiger partial charge >= 0.3 is 0 Å². The van der Waals surface area contributed by atoms with E-state index >= 15 is 0 Å². The number of nitrogens with zero attached hydrogens (tertiary/aromatic N) is 5. The molecule has 0 unspecified atom stereocenters. The molecule has 0 aliphatic carbocycles. The van der Waals surface area contributed by atoms with Gasteiger partial charge in [0.1, 0.15) is 18.0 Å². The summed E-state index contributed by atoms with van der Waals surface area (Å²) in [6.45, 7) is 2.38. The Balaban J connectivity index is 1.81. The number of aromatic nitrogens is 4. The van der Waals surface area contributed by atoms with Crippen LogP contribution in [0.3, 0.4) is 0 Å². The van der Waals surface area contributed by atoms with Crippen LogP contribution < -0.4 is 10.6 Å². The summed E-state index contributed by atoms with van der Waals surface area (Å²) >= 11 is 0. The van der Waals surface area contributed by atoms with E-state index < -0.39 is 0 Å². The predicted octanol–water partition coefficient (Wildman–Crippen LogP) is 1.74. The Morgan fingerprint density at radius 3 is 2.91 bits per heavy atom. The molecule has 3 rings (SSSR count). The highest BCUT2D eigenvalue weighted by molar-refractivity contribution is 5.74. The lowest BCUT2D eigenvalue weighted by Crippen LogP contribution is -2.28. The summed E-state index contributed by atoms with van der Waals surface area (Å²) in [5, 5.41) is 6.02. The maximum absolute atomic E-state index is 11.7. The van der Waals surface area contributed by atoms with Gasteiger partial charge in [0.25, 0.3) is 0 Å². The number of hydrogen-bond acceptors (Lipinski definition) is 7. The van der Waals surface area contributed by atoms with Crippen LogP contribution in [0, 0.1) is 0 Å². The monoisotopic (exact) mass is 313 g/mol. The van der Waals surface area contributed by atoms with Gasteiger partial charge in [0, 0.05) is 32.8 Å². The maximum atomic E-state index is 11.7. The molecule has 8 heteroatoms. The Hall–Kier alpha value is -2.77. The number of rotatable bonds is 4. The van der Waals surface area contributed by atoms with Crippen molar-refractivity contribution < 1.29 is 4.79 Å². The van der Waals surface area contributed by atoms with E-state index in [2.05, 4.69) is 30.6 Å². The van der Waals surface area contributed by atoms with Gasteiger partial charge in [0.05, 0.1) is 11.7 Å². The van der Waals surface area contributed by atoms with Crippen LogP contribution in [0.5, 0.6) is 0 Å². The Bertz CT molecular complexity index is 706. The highest BCUT2D eigenvalue weighted by atomic mass is 16.2. The molecule has 1 fully saturated rings. The molecule has 0 aromatic carbocycles. The summed E-state index contributed by atoms with van der Waals surface area (Å²) < 4.78 is 0. The molecule has 0 spiro atoms. The third-order valence-electron chi connectivity index (χ3n) is 3.84. The van der Waals surface area contributed by atoms with Crippen molar-refractivity contribution in [2.45, 2.75) is 25.8 Å². The minimum atomic E-state index is 0.0225. The van der Waals surface area contributed by atoms with Gasteiger partial charge in [-0.15, -0.1) is 0 Å². The maximum Gasteiger partial charge on any atom is 0.228 e. The number of nitrogens with one attached hydrogen (secondary N) is 2. The van der Waals surface area contributed by atoms with Gasteiger partial charge in [-0.1, -0.05) is 0 Å². The molecule has 0 saturated carbocycles. The summed E-state index contributed by atoms with van der Waals surface area (Å²) in [4.78, 5) is 30.6. The third-order valence-corrected chi connectivity index (χ3v) is 3.84. The number of anilines is 3. The number of likely N-dealkylation sites (tertiary alicyclic amines) is 1. The molecule has 1 aliphatic heterocycles. The van der Waals surface area contributed by atoms with Crippen LogP contribution in [0.2, 0.25) is 0 Å². The molecule has 2 aromatic heterocycles. The number of carbonyl (C=O) groups is 1. The topological polar surface area (TPSA) is 95.9 Å². The Morgan fingerprint density at radius 1 is 1.30 bits per heavy atom. The van der Waals surface area contributed by atoms with E-state index in [9.17, 15) is 4.79 Å². The molecule has 8 nitrogen and oxygen atoms in total. The van der Waals surface area contributed by atoms with Gasteiger partial charge in [-0.05, 0) is 18.9 Å². The average Bonchev–Trinajstić information content (AvgIpc) is 3.05. The van der Waals surface area contributed by atoms with Crippen LogP contribution in [0.15, 0.2) is 24.7 Å². The van der Waals surface area contributed by atoms with Gasteiger partial charge in [0.2, 0.25) is 11.9 Å². The van der Waals surface area contributed by atoms with Crippen molar-refractivity contribution in [2.24, 2.45) is 0 Å². The average molecular weight is 313 g/mol. The van der Waals surface area contributed by atoms with Crippen molar-refractivity contribution in [2.75, 3.05) is 24.2 Å². The molecule has 2 aromatic rings.